The maximum absolute atomic E-state index is 11.9. The molecule has 0 radical (unpaired) electrons. The summed E-state index contributed by atoms with van der Waals surface area (Å²) in [5.74, 6) is -0.0783. The minimum atomic E-state index is -0.0783. The average molecular weight is 244 g/mol. The summed E-state index contributed by atoms with van der Waals surface area (Å²) in [4.78, 5) is 15.8. The van der Waals surface area contributed by atoms with Gasteiger partial charge in [0, 0.05) is 37.6 Å². The molecule has 0 spiro atoms. The van der Waals surface area contributed by atoms with Crippen molar-refractivity contribution in [3.05, 3.63) is 54.1 Å². The Balaban J connectivity index is 1.87. The van der Waals surface area contributed by atoms with Gasteiger partial charge in [-0.05, 0) is 17.7 Å². The van der Waals surface area contributed by atoms with Crippen molar-refractivity contribution in [2.75, 3.05) is 6.54 Å². The molecule has 0 saturated heterocycles. The van der Waals surface area contributed by atoms with E-state index in [0.29, 0.717) is 25.2 Å². The van der Waals surface area contributed by atoms with Crippen LogP contribution in [0.2, 0.25) is 0 Å². The van der Waals surface area contributed by atoms with Crippen LogP contribution in [0.5, 0.6) is 0 Å². The van der Waals surface area contributed by atoms with E-state index in [1.54, 1.807) is 18.6 Å². The Morgan fingerprint density at radius 2 is 2.33 bits per heavy atom. The third kappa shape index (κ3) is 3.18. The summed E-state index contributed by atoms with van der Waals surface area (Å²) in [5.41, 5.74) is 7.14. The molecule has 2 aromatic rings. The van der Waals surface area contributed by atoms with Crippen LogP contribution < -0.4 is 11.1 Å². The standard InChI is InChI=1S/C13H16N4O/c14-9-11-2-1-3-12(8-11)13(18)16-5-7-17-6-4-15-10-17/h1-4,6,8,10H,5,7,9,14H2,(H,16,18). The topological polar surface area (TPSA) is 72.9 Å². The zero-order valence-corrected chi connectivity index (χ0v) is 10.0. The highest BCUT2D eigenvalue weighted by Crippen LogP contribution is 2.04. The van der Waals surface area contributed by atoms with Crippen LogP contribution in [0.3, 0.4) is 0 Å². The van der Waals surface area contributed by atoms with Crippen molar-refractivity contribution in [1.29, 1.82) is 0 Å². The van der Waals surface area contributed by atoms with E-state index in [1.165, 1.54) is 0 Å². The molecule has 0 aliphatic rings. The Kier molecular flexibility index (Phi) is 4.09. The smallest absolute Gasteiger partial charge is 0.251 e. The van der Waals surface area contributed by atoms with Crippen molar-refractivity contribution in [3.63, 3.8) is 0 Å². The molecular weight excluding hydrogens is 228 g/mol. The molecule has 3 N–H and O–H groups in total. The lowest BCUT2D eigenvalue weighted by Gasteiger charge is -2.06. The predicted octanol–water partition coefficient (Wildman–Crippen LogP) is 0.772. The zero-order valence-electron chi connectivity index (χ0n) is 10.0. The van der Waals surface area contributed by atoms with Gasteiger partial charge in [-0.2, -0.15) is 0 Å². The van der Waals surface area contributed by atoms with Crippen LogP contribution in [-0.4, -0.2) is 22.0 Å². The third-order valence-corrected chi connectivity index (χ3v) is 2.64. The number of carbonyl (C=O) groups is 1. The number of nitrogens with zero attached hydrogens (tertiary/aromatic N) is 2. The molecule has 0 aliphatic heterocycles. The highest BCUT2D eigenvalue weighted by Gasteiger charge is 2.04. The van der Waals surface area contributed by atoms with Gasteiger partial charge in [-0.25, -0.2) is 4.98 Å². The Labute approximate surface area is 106 Å². The van der Waals surface area contributed by atoms with Crippen LogP contribution in [0.4, 0.5) is 0 Å². The first kappa shape index (κ1) is 12.3. The van der Waals surface area contributed by atoms with E-state index in [9.17, 15) is 4.79 Å². The number of carbonyl (C=O) groups excluding carboxylic acids is 1. The van der Waals surface area contributed by atoms with E-state index in [2.05, 4.69) is 10.3 Å². The van der Waals surface area contributed by atoms with Gasteiger partial charge in [-0.15, -0.1) is 0 Å². The van der Waals surface area contributed by atoms with E-state index in [1.807, 2.05) is 29.0 Å². The van der Waals surface area contributed by atoms with E-state index in [0.717, 1.165) is 5.56 Å². The van der Waals surface area contributed by atoms with Gasteiger partial charge in [0.25, 0.3) is 5.91 Å². The summed E-state index contributed by atoms with van der Waals surface area (Å²) in [5, 5.41) is 2.86. The molecule has 1 heterocycles. The fourth-order valence-corrected chi connectivity index (χ4v) is 1.66. The number of rotatable bonds is 5. The highest BCUT2D eigenvalue weighted by atomic mass is 16.1. The average Bonchev–Trinajstić information content (AvgIpc) is 2.92. The van der Waals surface area contributed by atoms with Gasteiger partial charge >= 0.3 is 0 Å². The number of hydrogen-bond donors (Lipinski definition) is 2. The van der Waals surface area contributed by atoms with Crippen LogP contribution in [-0.2, 0) is 13.1 Å². The molecule has 2 rings (SSSR count). The number of amides is 1. The maximum Gasteiger partial charge on any atom is 0.251 e. The van der Waals surface area contributed by atoms with Crippen molar-refractivity contribution < 1.29 is 4.79 Å². The molecule has 0 bridgehead atoms. The van der Waals surface area contributed by atoms with E-state index in [-0.39, 0.29) is 5.91 Å². The Morgan fingerprint density at radius 3 is 3.06 bits per heavy atom. The summed E-state index contributed by atoms with van der Waals surface area (Å²) < 4.78 is 1.91. The van der Waals surface area contributed by atoms with Gasteiger partial charge in [-0.1, -0.05) is 12.1 Å². The van der Waals surface area contributed by atoms with Crippen LogP contribution in [0, 0.1) is 0 Å². The third-order valence-electron chi connectivity index (χ3n) is 2.64. The maximum atomic E-state index is 11.9. The van der Waals surface area contributed by atoms with Crippen molar-refractivity contribution in [2.24, 2.45) is 5.73 Å². The molecule has 5 heteroatoms. The minimum absolute atomic E-state index is 0.0783. The molecule has 94 valence electrons. The molecular formula is C13H16N4O. The monoisotopic (exact) mass is 244 g/mol. The first-order valence-corrected chi connectivity index (χ1v) is 5.82. The van der Waals surface area contributed by atoms with Gasteiger partial charge < -0.3 is 15.6 Å². The van der Waals surface area contributed by atoms with Crippen LogP contribution >= 0.6 is 0 Å². The van der Waals surface area contributed by atoms with Crippen LogP contribution in [0.15, 0.2) is 43.0 Å². The molecule has 1 aromatic heterocycles. The fourth-order valence-electron chi connectivity index (χ4n) is 1.66. The largest absolute Gasteiger partial charge is 0.350 e. The molecule has 0 saturated carbocycles. The molecule has 1 aromatic carbocycles. The number of nitrogens with two attached hydrogens (primary N) is 1. The second kappa shape index (κ2) is 5.97. The SMILES string of the molecule is NCc1cccc(C(=O)NCCn2ccnc2)c1. The molecule has 1 amide bonds. The number of benzene rings is 1. The van der Waals surface area contributed by atoms with Gasteiger partial charge in [0.05, 0.1) is 6.33 Å². The molecule has 0 fully saturated rings. The minimum Gasteiger partial charge on any atom is -0.350 e. The molecule has 0 aliphatic carbocycles. The lowest BCUT2D eigenvalue weighted by atomic mass is 10.1. The number of aromatic nitrogens is 2. The predicted molar refractivity (Wildman–Crippen MR) is 68.9 cm³/mol. The second-order valence-electron chi connectivity index (χ2n) is 3.96. The first-order valence-electron chi connectivity index (χ1n) is 5.82. The van der Waals surface area contributed by atoms with Crippen LogP contribution in [0.1, 0.15) is 15.9 Å². The van der Waals surface area contributed by atoms with E-state index < -0.39 is 0 Å². The van der Waals surface area contributed by atoms with Gasteiger partial charge in [0.15, 0.2) is 0 Å². The molecule has 0 unspecified atom stereocenters. The second-order valence-corrected chi connectivity index (χ2v) is 3.96. The summed E-state index contributed by atoms with van der Waals surface area (Å²) in [6.07, 6.45) is 5.30. The summed E-state index contributed by atoms with van der Waals surface area (Å²) in [7, 11) is 0. The number of hydrogen-bond acceptors (Lipinski definition) is 3. The first-order chi connectivity index (χ1) is 8.79. The summed E-state index contributed by atoms with van der Waals surface area (Å²) >= 11 is 0. The summed E-state index contributed by atoms with van der Waals surface area (Å²) in [6.45, 7) is 1.72. The van der Waals surface area contributed by atoms with Crippen molar-refractivity contribution in [3.8, 4) is 0 Å². The van der Waals surface area contributed by atoms with Crippen molar-refractivity contribution in [1.82, 2.24) is 14.9 Å². The van der Waals surface area contributed by atoms with Gasteiger partial charge in [0.2, 0.25) is 0 Å². The van der Waals surface area contributed by atoms with E-state index >= 15 is 0 Å². The van der Waals surface area contributed by atoms with Gasteiger partial charge in [0.1, 0.15) is 0 Å². The van der Waals surface area contributed by atoms with Gasteiger partial charge in [-0.3, -0.25) is 4.79 Å². The molecule has 18 heavy (non-hydrogen) atoms. The molecule has 5 nitrogen and oxygen atoms in total. The van der Waals surface area contributed by atoms with Crippen molar-refractivity contribution >= 4 is 5.91 Å². The zero-order chi connectivity index (χ0) is 12.8. The van der Waals surface area contributed by atoms with E-state index in [4.69, 9.17) is 5.73 Å². The lowest BCUT2D eigenvalue weighted by molar-refractivity contribution is 0.0952. The Morgan fingerprint density at radius 1 is 1.44 bits per heavy atom. The number of imidazole rings is 1. The lowest BCUT2D eigenvalue weighted by Crippen LogP contribution is -2.27. The van der Waals surface area contributed by atoms with Crippen molar-refractivity contribution in [2.45, 2.75) is 13.1 Å². The normalized spacial score (nSPS) is 10.3. The fraction of sp³-hybridized carbons (Fsp3) is 0.231. The Bertz CT molecular complexity index is 507. The van der Waals surface area contributed by atoms with Crippen LogP contribution in [0.25, 0.3) is 0 Å². The number of nitrogens with one attached hydrogen (secondary N) is 1. The quantitative estimate of drug-likeness (QED) is 0.816. The Hall–Kier alpha value is -2.14. The summed E-state index contributed by atoms with van der Waals surface area (Å²) in [6, 6.07) is 7.34. The molecule has 0 atom stereocenters. The highest BCUT2D eigenvalue weighted by molar-refractivity contribution is 5.94.